The van der Waals surface area contributed by atoms with E-state index in [1.807, 2.05) is 30.3 Å². The summed E-state index contributed by atoms with van der Waals surface area (Å²) < 4.78 is 33.1. The zero-order valence-electron chi connectivity index (χ0n) is 20.0. The van der Waals surface area contributed by atoms with Crippen LogP contribution in [0.1, 0.15) is 22.9 Å². The number of carbonyl (C=O) groups is 1. The summed E-state index contributed by atoms with van der Waals surface area (Å²) in [6, 6.07) is 24.6. The minimum atomic E-state index is -3.70. The highest BCUT2D eigenvalue weighted by molar-refractivity contribution is 7.89. The van der Waals surface area contributed by atoms with Crippen molar-refractivity contribution in [3.8, 4) is 5.75 Å². The first kappa shape index (κ1) is 26.7. The van der Waals surface area contributed by atoms with Crippen molar-refractivity contribution in [1.82, 2.24) is 14.5 Å². The standard InChI is InChI=1S/C26H25ClN4O4S2/c1-31(37(33,34)23-10-6-3-7-11-23)17-20(19-8-4-2-5-9-19)16-24(32)28-26-30-29-25(36-26)18-35-22-14-12-21(27)13-15-22/h2-15,20H,16-18H2,1H3,(H,28,30,32). The third-order valence-corrected chi connectivity index (χ3v) is 8.42. The summed E-state index contributed by atoms with van der Waals surface area (Å²) in [4.78, 5) is 13.1. The lowest BCUT2D eigenvalue weighted by atomic mass is 9.95. The molecule has 1 heterocycles. The van der Waals surface area contributed by atoms with Gasteiger partial charge >= 0.3 is 0 Å². The zero-order chi connectivity index (χ0) is 26.3. The van der Waals surface area contributed by atoms with Crippen LogP contribution in [0.25, 0.3) is 0 Å². The van der Waals surface area contributed by atoms with Gasteiger partial charge in [-0.2, -0.15) is 0 Å². The molecule has 192 valence electrons. The highest BCUT2D eigenvalue weighted by atomic mass is 35.5. The third kappa shape index (κ3) is 7.36. The van der Waals surface area contributed by atoms with Gasteiger partial charge in [0.05, 0.1) is 4.90 Å². The largest absolute Gasteiger partial charge is 0.486 e. The van der Waals surface area contributed by atoms with Gasteiger partial charge in [0.1, 0.15) is 12.4 Å². The van der Waals surface area contributed by atoms with Crippen molar-refractivity contribution in [2.45, 2.75) is 23.8 Å². The molecule has 1 unspecified atom stereocenters. The Hall–Kier alpha value is -3.31. The molecule has 8 nitrogen and oxygen atoms in total. The van der Waals surface area contributed by atoms with E-state index in [0.29, 0.717) is 20.9 Å². The Balaban J connectivity index is 1.40. The van der Waals surface area contributed by atoms with Crippen LogP contribution in [0, 0.1) is 0 Å². The van der Waals surface area contributed by atoms with Gasteiger partial charge in [-0.25, -0.2) is 12.7 Å². The number of sulfonamides is 1. The van der Waals surface area contributed by atoms with E-state index < -0.39 is 10.0 Å². The van der Waals surface area contributed by atoms with Crippen molar-refractivity contribution < 1.29 is 17.9 Å². The number of aromatic nitrogens is 2. The summed E-state index contributed by atoms with van der Waals surface area (Å²) in [5.74, 6) is -0.0172. The second-order valence-corrected chi connectivity index (χ2v) is 11.7. The predicted octanol–water partition coefficient (Wildman–Crippen LogP) is 5.20. The molecule has 0 aliphatic rings. The number of hydrogen-bond donors (Lipinski definition) is 1. The maximum atomic E-state index is 13.0. The fourth-order valence-corrected chi connectivity index (χ4v) is 5.66. The maximum absolute atomic E-state index is 13.0. The number of benzene rings is 3. The normalized spacial score (nSPS) is 12.3. The lowest BCUT2D eigenvalue weighted by Crippen LogP contribution is -2.32. The summed E-state index contributed by atoms with van der Waals surface area (Å²) in [5, 5.41) is 12.4. The number of likely N-dealkylation sites (N-methyl/N-ethyl adjacent to an activating group) is 1. The first-order valence-corrected chi connectivity index (χ1v) is 14.0. The van der Waals surface area contributed by atoms with E-state index in [1.54, 1.807) is 54.6 Å². The highest BCUT2D eigenvalue weighted by Gasteiger charge is 2.26. The quantitative estimate of drug-likeness (QED) is 0.272. The summed E-state index contributed by atoms with van der Waals surface area (Å²) in [6.45, 7) is 0.328. The van der Waals surface area contributed by atoms with Crippen LogP contribution in [-0.4, -0.2) is 42.4 Å². The molecule has 0 radical (unpaired) electrons. The summed E-state index contributed by atoms with van der Waals surface area (Å²) >= 11 is 7.10. The van der Waals surface area contributed by atoms with E-state index in [9.17, 15) is 13.2 Å². The summed E-state index contributed by atoms with van der Waals surface area (Å²) in [6.07, 6.45) is 0.0643. The van der Waals surface area contributed by atoms with Crippen molar-refractivity contribution in [2.24, 2.45) is 0 Å². The monoisotopic (exact) mass is 556 g/mol. The summed E-state index contributed by atoms with van der Waals surface area (Å²) in [5.41, 5.74) is 0.863. The highest BCUT2D eigenvalue weighted by Crippen LogP contribution is 2.25. The average molecular weight is 557 g/mol. The number of carbonyl (C=O) groups excluding carboxylic acids is 1. The second-order valence-electron chi connectivity index (χ2n) is 8.20. The molecule has 1 atom stereocenters. The molecule has 4 aromatic rings. The zero-order valence-corrected chi connectivity index (χ0v) is 22.3. The molecule has 11 heteroatoms. The van der Waals surface area contributed by atoms with E-state index in [1.165, 1.54) is 22.7 Å². The smallest absolute Gasteiger partial charge is 0.242 e. The molecule has 0 fully saturated rings. The van der Waals surface area contributed by atoms with Crippen LogP contribution in [0.2, 0.25) is 5.02 Å². The number of nitrogens with zero attached hydrogens (tertiary/aromatic N) is 3. The van der Waals surface area contributed by atoms with Gasteiger partial charge in [0.25, 0.3) is 0 Å². The fraction of sp³-hybridized carbons (Fsp3) is 0.192. The lowest BCUT2D eigenvalue weighted by Gasteiger charge is -2.24. The number of anilines is 1. The SMILES string of the molecule is CN(CC(CC(=O)Nc1nnc(COc2ccc(Cl)cc2)s1)c1ccccc1)S(=O)(=O)c1ccccc1. The molecule has 4 rings (SSSR count). The van der Waals surface area contributed by atoms with Gasteiger partial charge in [0, 0.05) is 31.0 Å². The predicted molar refractivity (Wildman–Crippen MR) is 144 cm³/mol. The van der Waals surface area contributed by atoms with Crippen molar-refractivity contribution in [3.05, 3.63) is 101 Å². The summed E-state index contributed by atoms with van der Waals surface area (Å²) in [7, 11) is -2.18. The first-order valence-electron chi connectivity index (χ1n) is 11.4. The van der Waals surface area contributed by atoms with Gasteiger partial charge in [0.2, 0.25) is 21.1 Å². The number of nitrogens with one attached hydrogen (secondary N) is 1. The van der Waals surface area contributed by atoms with Crippen LogP contribution in [-0.2, 0) is 21.4 Å². The Labute approximate surface area is 224 Å². The Bertz CT molecular complexity index is 1420. The van der Waals surface area contributed by atoms with E-state index >= 15 is 0 Å². The fourth-order valence-electron chi connectivity index (χ4n) is 3.63. The molecular weight excluding hydrogens is 532 g/mol. The number of hydrogen-bond acceptors (Lipinski definition) is 7. The van der Waals surface area contributed by atoms with Gasteiger partial charge in [-0.1, -0.05) is 71.5 Å². The molecule has 1 N–H and O–H groups in total. The third-order valence-electron chi connectivity index (χ3n) is 5.52. The Morgan fingerprint density at radius 2 is 1.65 bits per heavy atom. The van der Waals surface area contributed by atoms with E-state index in [0.717, 1.165) is 5.56 Å². The minimum Gasteiger partial charge on any atom is -0.486 e. The number of rotatable bonds is 11. The molecule has 0 saturated carbocycles. The molecule has 1 aromatic heterocycles. The Morgan fingerprint density at radius 1 is 1.00 bits per heavy atom. The Morgan fingerprint density at radius 3 is 2.32 bits per heavy atom. The molecule has 3 aromatic carbocycles. The van der Waals surface area contributed by atoms with Gasteiger partial charge in [-0.05, 0) is 42.0 Å². The molecule has 1 amide bonds. The average Bonchev–Trinajstić information content (AvgIpc) is 3.36. The molecule has 0 saturated heterocycles. The van der Waals surface area contributed by atoms with E-state index in [4.69, 9.17) is 16.3 Å². The molecule has 0 aliphatic carbocycles. The topological polar surface area (TPSA) is 101 Å². The van der Waals surface area contributed by atoms with E-state index in [-0.39, 0.29) is 36.3 Å². The number of ether oxygens (including phenoxy) is 1. The van der Waals surface area contributed by atoms with Gasteiger partial charge in [0.15, 0.2) is 5.01 Å². The van der Waals surface area contributed by atoms with Crippen LogP contribution >= 0.6 is 22.9 Å². The first-order chi connectivity index (χ1) is 17.8. The van der Waals surface area contributed by atoms with Crippen molar-refractivity contribution in [1.29, 1.82) is 0 Å². The molecule has 37 heavy (non-hydrogen) atoms. The van der Waals surface area contributed by atoms with Crippen molar-refractivity contribution in [2.75, 3.05) is 18.9 Å². The van der Waals surface area contributed by atoms with Crippen molar-refractivity contribution >= 4 is 44.0 Å². The van der Waals surface area contributed by atoms with Crippen LogP contribution in [0.4, 0.5) is 5.13 Å². The van der Waals surface area contributed by atoms with Crippen LogP contribution in [0.5, 0.6) is 5.75 Å². The minimum absolute atomic E-state index is 0.0643. The second kappa shape index (κ2) is 12.3. The molecule has 0 bridgehead atoms. The Kier molecular flexibility index (Phi) is 8.88. The van der Waals surface area contributed by atoms with Crippen LogP contribution < -0.4 is 10.1 Å². The van der Waals surface area contributed by atoms with E-state index in [2.05, 4.69) is 15.5 Å². The number of amides is 1. The molecule has 0 aliphatic heterocycles. The maximum Gasteiger partial charge on any atom is 0.242 e. The van der Waals surface area contributed by atoms with Gasteiger partial charge in [-0.3, -0.25) is 4.79 Å². The van der Waals surface area contributed by atoms with Crippen molar-refractivity contribution in [3.63, 3.8) is 0 Å². The van der Waals surface area contributed by atoms with Gasteiger partial charge < -0.3 is 10.1 Å². The molecular formula is C26H25ClN4O4S2. The van der Waals surface area contributed by atoms with Crippen LogP contribution in [0.15, 0.2) is 89.8 Å². The number of halogens is 1. The van der Waals surface area contributed by atoms with Crippen LogP contribution in [0.3, 0.4) is 0 Å². The molecule has 0 spiro atoms. The lowest BCUT2D eigenvalue weighted by molar-refractivity contribution is -0.116. The van der Waals surface area contributed by atoms with Gasteiger partial charge in [-0.15, -0.1) is 10.2 Å².